The SMILES string of the molecule is NC(=O)c1cccc(C(=O)N2CCCCCCCCCC2)c1. The fourth-order valence-corrected chi connectivity index (χ4v) is 2.97. The monoisotopic (exact) mass is 302 g/mol. The van der Waals surface area contributed by atoms with Crippen LogP contribution < -0.4 is 5.73 Å². The van der Waals surface area contributed by atoms with Crippen molar-refractivity contribution in [3.8, 4) is 0 Å². The molecule has 4 heteroatoms. The smallest absolute Gasteiger partial charge is 0.253 e. The van der Waals surface area contributed by atoms with Crippen LogP contribution >= 0.6 is 0 Å². The maximum Gasteiger partial charge on any atom is 0.253 e. The number of hydrogen-bond donors (Lipinski definition) is 1. The zero-order valence-electron chi connectivity index (χ0n) is 13.2. The van der Waals surface area contributed by atoms with Gasteiger partial charge in [0.05, 0.1) is 0 Å². The van der Waals surface area contributed by atoms with E-state index in [4.69, 9.17) is 5.73 Å². The summed E-state index contributed by atoms with van der Waals surface area (Å²) in [6.07, 6.45) is 9.64. The highest BCUT2D eigenvalue weighted by Crippen LogP contribution is 2.15. The molecule has 1 fully saturated rings. The van der Waals surface area contributed by atoms with Gasteiger partial charge in [0.25, 0.3) is 5.91 Å². The van der Waals surface area contributed by atoms with Crippen LogP contribution in [-0.4, -0.2) is 29.8 Å². The number of carbonyl (C=O) groups excluding carboxylic acids is 2. The summed E-state index contributed by atoms with van der Waals surface area (Å²) < 4.78 is 0. The van der Waals surface area contributed by atoms with Crippen molar-refractivity contribution in [2.45, 2.75) is 51.4 Å². The third-order valence-corrected chi connectivity index (χ3v) is 4.29. The summed E-state index contributed by atoms with van der Waals surface area (Å²) in [4.78, 5) is 25.9. The number of amides is 2. The largest absolute Gasteiger partial charge is 0.366 e. The Hall–Kier alpha value is -1.84. The van der Waals surface area contributed by atoms with Crippen LogP contribution in [0.4, 0.5) is 0 Å². The number of nitrogens with two attached hydrogens (primary N) is 1. The van der Waals surface area contributed by atoms with Gasteiger partial charge in [-0.1, -0.05) is 44.6 Å². The van der Waals surface area contributed by atoms with Crippen molar-refractivity contribution < 1.29 is 9.59 Å². The molecule has 1 aromatic carbocycles. The molecule has 1 aromatic rings. The molecule has 0 bridgehead atoms. The minimum Gasteiger partial charge on any atom is -0.366 e. The van der Waals surface area contributed by atoms with E-state index in [1.54, 1.807) is 24.3 Å². The quantitative estimate of drug-likeness (QED) is 0.910. The van der Waals surface area contributed by atoms with Gasteiger partial charge in [0.1, 0.15) is 0 Å². The minimum absolute atomic E-state index is 0.0161. The maximum absolute atomic E-state index is 12.7. The highest BCUT2D eigenvalue weighted by atomic mass is 16.2. The lowest BCUT2D eigenvalue weighted by Crippen LogP contribution is -2.33. The molecule has 2 N–H and O–H groups in total. The first kappa shape index (κ1) is 16.5. The zero-order chi connectivity index (χ0) is 15.8. The van der Waals surface area contributed by atoms with E-state index in [-0.39, 0.29) is 5.91 Å². The Labute approximate surface area is 132 Å². The first-order valence-electron chi connectivity index (χ1n) is 8.37. The molecule has 0 atom stereocenters. The van der Waals surface area contributed by atoms with Crippen LogP contribution in [0.5, 0.6) is 0 Å². The van der Waals surface area contributed by atoms with Crippen molar-refractivity contribution in [1.29, 1.82) is 0 Å². The first-order chi connectivity index (χ1) is 10.7. The van der Waals surface area contributed by atoms with Crippen LogP contribution in [0.15, 0.2) is 24.3 Å². The number of benzene rings is 1. The van der Waals surface area contributed by atoms with Gasteiger partial charge in [0.2, 0.25) is 5.91 Å². The predicted octanol–water partition coefficient (Wildman–Crippen LogP) is 3.36. The Morgan fingerprint density at radius 1 is 0.818 bits per heavy atom. The van der Waals surface area contributed by atoms with E-state index in [1.807, 2.05) is 4.90 Å². The van der Waals surface area contributed by atoms with Crippen LogP contribution in [0, 0.1) is 0 Å². The topological polar surface area (TPSA) is 63.4 Å². The molecule has 0 radical (unpaired) electrons. The van der Waals surface area contributed by atoms with Crippen LogP contribution in [-0.2, 0) is 0 Å². The Morgan fingerprint density at radius 3 is 1.86 bits per heavy atom. The number of nitrogens with zero attached hydrogens (tertiary/aromatic N) is 1. The van der Waals surface area contributed by atoms with E-state index in [9.17, 15) is 9.59 Å². The van der Waals surface area contributed by atoms with E-state index in [2.05, 4.69) is 0 Å². The Morgan fingerprint density at radius 2 is 1.32 bits per heavy atom. The van der Waals surface area contributed by atoms with E-state index >= 15 is 0 Å². The Bertz CT molecular complexity index is 502. The fourth-order valence-electron chi connectivity index (χ4n) is 2.97. The summed E-state index contributed by atoms with van der Waals surface area (Å²) >= 11 is 0. The second kappa shape index (κ2) is 8.57. The zero-order valence-corrected chi connectivity index (χ0v) is 13.2. The van der Waals surface area contributed by atoms with Crippen molar-refractivity contribution >= 4 is 11.8 Å². The van der Waals surface area contributed by atoms with Crippen LogP contribution in [0.1, 0.15) is 72.1 Å². The summed E-state index contributed by atoms with van der Waals surface area (Å²) in [5, 5.41) is 0. The van der Waals surface area contributed by atoms with Gasteiger partial charge < -0.3 is 10.6 Å². The molecular formula is C18H26N2O2. The molecule has 0 aliphatic carbocycles. The van der Waals surface area contributed by atoms with E-state index in [0.29, 0.717) is 11.1 Å². The molecule has 0 spiro atoms. The van der Waals surface area contributed by atoms with Gasteiger partial charge in [-0.15, -0.1) is 0 Å². The summed E-state index contributed by atoms with van der Waals surface area (Å²) in [5.74, 6) is -0.477. The Balaban J connectivity index is 2.06. The average Bonchev–Trinajstić information content (AvgIpc) is 2.59. The molecule has 1 aliphatic heterocycles. The summed E-state index contributed by atoms with van der Waals surface area (Å²) in [7, 11) is 0. The maximum atomic E-state index is 12.7. The third kappa shape index (κ3) is 4.86. The highest BCUT2D eigenvalue weighted by Gasteiger charge is 2.16. The van der Waals surface area contributed by atoms with Crippen molar-refractivity contribution in [3.05, 3.63) is 35.4 Å². The number of hydrogen-bond acceptors (Lipinski definition) is 2. The lowest BCUT2D eigenvalue weighted by atomic mass is 10.1. The lowest BCUT2D eigenvalue weighted by Gasteiger charge is -2.23. The van der Waals surface area contributed by atoms with Crippen molar-refractivity contribution in [1.82, 2.24) is 4.90 Å². The average molecular weight is 302 g/mol. The summed E-state index contributed by atoms with van der Waals surface area (Å²) in [6, 6.07) is 6.74. The van der Waals surface area contributed by atoms with Crippen LogP contribution in [0.3, 0.4) is 0 Å². The number of rotatable bonds is 2. The molecule has 2 amide bonds. The van der Waals surface area contributed by atoms with E-state index < -0.39 is 5.91 Å². The molecule has 0 aromatic heterocycles. The van der Waals surface area contributed by atoms with Gasteiger partial charge in [-0.3, -0.25) is 9.59 Å². The van der Waals surface area contributed by atoms with Gasteiger partial charge >= 0.3 is 0 Å². The van der Waals surface area contributed by atoms with Crippen molar-refractivity contribution in [2.75, 3.05) is 13.1 Å². The second-order valence-electron chi connectivity index (χ2n) is 6.07. The van der Waals surface area contributed by atoms with E-state index in [1.165, 1.54) is 38.5 Å². The van der Waals surface area contributed by atoms with Crippen molar-refractivity contribution in [3.63, 3.8) is 0 Å². The molecule has 120 valence electrons. The molecule has 22 heavy (non-hydrogen) atoms. The molecular weight excluding hydrogens is 276 g/mol. The van der Waals surface area contributed by atoms with Gasteiger partial charge in [-0.05, 0) is 31.0 Å². The van der Waals surface area contributed by atoms with Gasteiger partial charge in [-0.2, -0.15) is 0 Å². The first-order valence-corrected chi connectivity index (χ1v) is 8.37. The van der Waals surface area contributed by atoms with Crippen molar-refractivity contribution in [2.24, 2.45) is 5.73 Å². The normalized spacial score (nSPS) is 17.5. The molecule has 4 nitrogen and oxygen atoms in total. The summed E-state index contributed by atoms with van der Waals surface area (Å²) in [5.41, 5.74) is 6.25. The highest BCUT2D eigenvalue weighted by molar-refractivity contribution is 5.99. The number of primary amides is 1. The van der Waals surface area contributed by atoms with E-state index in [0.717, 1.165) is 25.9 Å². The predicted molar refractivity (Wildman–Crippen MR) is 87.8 cm³/mol. The lowest BCUT2D eigenvalue weighted by molar-refractivity contribution is 0.0750. The van der Waals surface area contributed by atoms with Crippen LogP contribution in [0.2, 0.25) is 0 Å². The minimum atomic E-state index is -0.493. The van der Waals surface area contributed by atoms with Gasteiger partial charge in [0.15, 0.2) is 0 Å². The molecule has 1 saturated heterocycles. The number of carbonyl (C=O) groups is 2. The molecule has 2 rings (SSSR count). The van der Waals surface area contributed by atoms with Gasteiger partial charge in [0, 0.05) is 24.2 Å². The Kier molecular flexibility index (Phi) is 6.44. The molecule has 0 unspecified atom stereocenters. The summed E-state index contributed by atoms with van der Waals surface area (Å²) in [6.45, 7) is 1.61. The molecule has 1 aliphatic rings. The fraction of sp³-hybridized carbons (Fsp3) is 0.556. The van der Waals surface area contributed by atoms with Crippen LogP contribution in [0.25, 0.3) is 0 Å². The second-order valence-corrected chi connectivity index (χ2v) is 6.07. The molecule has 0 saturated carbocycles. The molecule has 1 heterocycles. The third-order valence-electron chi connectivity index (χ3n) is 4.29. The standard InChI is InChI=1S/C18H26N2O2/c19-17(21)15-10-9-11-16(14-15)18(22)20-12-7-5-3-1-2-4-6-8-13-20/h9-11,14H,1-8,12-13H2,(H2,19,21). The van der Waals surface area contributed by atoms with Gasteiger partial charge in [-0.25, -0.2) is 0 Å².